The molecule has 0 aliphatic heterocycles. The van der Waals surface area contributed by atoms with Crippen molar-refractivity contribution in [1.29, 1.82) is 0 Å². The molecule has 0 amide bonds. The van der Waals surface area contributed by atoms with E-state index in [1.165, 1.54) is 0 Å². The molecule has 19 heavy (non-hydrogen) atoms. The van der Waals surface area contributed by atoms with E-state index < -0.39 is 11.4 Å². The lowest BCUT2D eigenvalue weighted by molar-refractivity contribution is -0.149. The molecule has 0 aliphatic carbocycles. The van der Waals surface area contributed by atoms with Crippen molar-refractivity contribution in [3.63, 3.8) is 0 Å². The van der Waals surface area contributed by atoms with E-state index in [0.29, 0.717) is 42.0 Å². The lowest BCUT2D eigenvalue weighted by atomic mass is 9.79. The van der Waals surface area contributed by atoms with Crippen molar-refractivity contribution in [2.75, 3.05) is 0 Å². The Bertz CT molecular complexity index is 414. The van der Waals surface area contributed by atoms with Gasteiger partial charge in [0.15, 0.2) is 5.82 Å². The van der Waals surface area contributed by atoms with Crippen molar-refractivity contribution in [3.05, 3.63) is 11.7 Å². The largest absolute Gasteiger partial charge is 0.481 e. The van der Waals surface area contributed by atoms with Gasteiger partial charge >= 0.3 is 5.97 Å². The smallest absolute Gasteiger partial charge is 0.310 e. The summed E-state index contributed by atoms with van der Waals surface area (Å²) in [6.45, 7) is 7.97. The summed E-state index contributed by atoms with van der Waals surface area (Å²) in [5.74, 6) is 0.957. The molecule has 0 bridgehead atoms. The quantitative estimate of drug-likeness (QED) is 0.791. The average Bonchev–Trinajstić information content (AvgIpc) is 2.80. The van der Waals surface area contributed by atoms with Crippen LogP contribution in [0.5, 0.6) is 0 Å². The number of rotatable bonds is 8. The first-order valence-corrected chi connectivity index (χ1v) is 7.65. The number of hydrogen-bond acceptors (Lipinski definition) is 5. The Morgan fingerprint density at radius 1 is 1.42 bits per heavy atom. The zero-order valence-electron chi connectivity index (χ0n) is 12.0. The summed E-state index contributed by atoms with van der Waals surface area (Å²) < 4.78 is 5.17. The molecular formula is C13H22N2O3S. The Labute approximate surface area is 118 Å². The summed E-state index contributed by atoms with van der Waals surface area (Å²) in [4.78, 5) is 15.7. The second-order valence-corrected chi connectivity index (χ2v) is 6.50. The van der Waals surface area contributed by atoms with E-state index in [4.69, 9.17) is 4.52 Å². The maximum atomic E-state index is 11.4. The van der Waals surface area contributed by atoms with Crippen LogP contribution in [-0.4, -0.2) is 26.5 Å². The molecule has 0 aromatic carbocycles. The lowest BCUT2D eigenvalue weighted by Gasteiger charge is -2.24. The zero-order valence-corrected chi connectivity index (χ0v) is 12.8. The molecule has 0 aliphatic rings. The monoisotopic (exact) mass is 286 g/mol. The Kier molecular flexibility index (Phi) is 5.85. The maximum Gasteiger partial charge on any atom is 0.310 e. The minimum absolute atomic E-state index is 0.300. The molecule has 0 saturated carbocycles. The fourth-order valence-corrected chi connectivity index (χ4v) is 2.43. The molecule has 5 nitrogen and oxygen atoms in total. The molecule has 0 spiro atoms. The van der Waals surface area contributed by atoms with Crippen molar-refractivity contribution < 1.29 is 14.4 Å². The first-order chi connectivity index (χ1) is 8.93. The van der Waals surface area contributed by atoms with E-state index in [0.717, 1.165) is 0 Å². The third-order valence-electron chi connectivity index (χ3n) is 3.35. The van der Waals surface area contributed by atoms with E-state index in [-0.39, 0.29) is 0 Å². The molecule has 0 unspecified atom stereocenters. The highest BCUT2D eigenvalue weighted by Gasteiger charge is 2.37. The van der Waals surface area contributed by atoms with Gasteiger partial charge in [-0.1, -0.05) is 32.9 Å². The Balaban J connectivity index is 2.73. The van der Waals surface area contributed by atoms with Crippen molar-refractivity contribution in [2.24, 2.45) is 5.41 Å². The molecule has 0 fully saturated rings. The predicted molar refractivity (Wildman–Crippen MR) is 75.1 cm³/mol. The summed E-state index contributed by atoms with van der Waals surface area (Å²) in [7, 11) is 0. The number of carbonyl (C=O) groups is 1. The van der Waals surface area contributed by atoms with Gasteiger partial charge in [0.2, 0.25) is 5.89 Å². The molecular weight excluding hydrogens is 264 g/mol. The van der Waals surface area contributed by atoms with E-state index in [2.05, 4.69) is 24.0 Å². The van der Waals surface area contributed by atoms with Crippen LogP contribution in [0, 0.1) is 5.41 Å². The molecule has 1 N–H and O–H groups in total. The van der Waals surface area contributed by atoms with Gasteiger partial charge in [0.25, 0.3) is 0 Å². The second-order valence-electron chi connectivity index (χ2n) is 4.93. The van der Waals surface area contributed by atoms with Crippen LogP contribution in [0.3, 0.4) is 0 Å². The van der Waals surface area contributed by atoms with Gasteiger partial charge in [-0.25, -0.2) is 0 Å². The molecule has 6 heteroatoms. The standard InChI is InChI=1S/C13H22N2O3S/c1-5-13(6-2,12(16)17)7-11-14-10(15-18-11)8-19-9(3)4/h9H,5-8H2,1-4H3,(H,16,17). The van der Waals surface area contributed by atoms with Crippen LogP contribution in [0.1, 0.15) is 52.3 Å². The number of carboxylic acid groups (broad SMARTS) is 1. The highest BCUT2D eigenvalue weighted by Crippen LogP contribution is 2.31. The minimum atomic E-state index is -0.797. The topological polar surface area (TPSA) is 76.2 Å². The molecule has 1 aromatic heterocycles. The van der Waals surface area contributed by atoms with Crippen molar-refractivity contribution in [1.82, 2.24) is 10.1 Å². The van der Waals surface area contributed by atoms with Gasteiger partial charge in [-0.3, -0.25) is 4.79 Å². The number of thioether (sulfide) groups is 1. The van der Waals surface area contributed by atoms with Crippen LogP contribution >= 0.6 is 11.8 Å². The molecule has 108 valence electrons. The Hall–Kier alpha value is -1.04. The molecule has 0 radical (unpaired) electrons. The zero-order chi connectivity index (χ0) is 14.5. The van der Waals surface area contributed by atoms with Gasteiger partial charge in [0.1, 0.15) is 0 Å². The van der Waals surface area contributed by atoms with E-state index in [9.17, 15) is 9.90 Å². The summed E-state index contributed by atoms with van der Waals surface area (Å²) in [6.07, 6.45) is 1.41. The molecule has 0 atom stereocenters. The first kappa shape index (κ1) is 16.0. The summed E-state index contributed by atoms with van der Waals surface area (Å²) in [5.41, 5.74) is -0.797. The van der Waals surface area contributed by atoms with Crippen molar-refractivity contribution in [3.8, 4) is 0 Å². The van der Waals surface area contributed by atoms with Crippen LogP contribution in [0.2, 0.25) is 0 Å². The van der Waals surface area contributed by atoms with E-state index in [1.54, 1.807) is 11.8 Å². The molecule has 1 aromatic rings. The van der Waals surface area contributed by atoms with E-state index >= 15 is 0 Å². The number of nitrogens with zero attached hydrogens (tertiary/aromatic N) is 2. The third-order valence-corrected chi connectivity index (χ3v) is 4.44. The molecule has 1 heterocycles. The van der Waals surface area contributed by atoms with Gasteiger partial charge in [-0.05, 0) is 18.1 Å². The first-order valence-electron chi connectivity index (χ1n) is 6.60. The predicted octanol–water partition coefficient (Wildman–Crippen LogP) is 3.14. The van der Waals surface area contributed by atoms with E-state index in [1.807, 2.05) is 13.8 Å². The van der Waals surface area contributed by atoms with Gasteiger partial charge in [-0.2, -0.15) is 16.7 Å². The highest BCUT2D eigenvalue weighted by molar-refractivity contribution is 7.99. The van der Waals surface area contributed by atoms with Crippen LogP contribution in [0.25, 0.3) is 0 Å². The fraction of sp³-hybridized carbons (Fsp3) is 0.769. The van der Waals surface area contributed by atoms with Crippen molar-refractivity contribution >= 4 is 17.7 Å². The Morgan fingerprint density at radius 3 is 2.53 bits per heavy atom. The van der Waals surface area contributed by atoms with Crippen LogP contribution in [0.15, 0.2) is 4.52 Å². The summed E-state index contributed by atoms with van der Waals surface area (Å²) in [6, 6.07) is 0. The molecule has 0 saturated heterocycles. The Morgan fingerprint density at radius 2 is 2.05 bits per heavy atom. The summed E-state index contributed by atoms with van der Waals surface area (Å²) >= 11 is 1.73. The molecule has 1 rings (SSSR count). The number of hydrogen-bond donors (Lipinski definition) is 1. The third kappa shape index (κ3) is 4.23. The second kappa shape index (κ2) is 6.93. The number of aliphatic carboxylic acids is 1. The summed E-state index contributed by atoms with van der Waals surface area (Å²) in [5, 5.41) is 13.8. The lowest BCUT2D eigenvalue weighted by Crippen LogP contribution is -2.32. The number of aromatic nitrogens is 2. The van der Waals surface area contributed by atoms with Crippen LogP contribution in [0.4, 0.5) is 0 Å². The SMILES string of the molecule is CCC(CC)(Cc1nc(CSC(C)C)no1)C(=O)O. The van der Waals surface area contributed by atoms with Crippen LogP contribution < -0.4 is 0 Å². The fourth-order valence-electron chi connectivity index (χ4n) is 1.83. The van der Waals surface area contributed by atoms with Gasteiger partial charge in [0, 0.05) is 6.42 Å². The van der Waals surface area contributed by atoms with Crippen molar-refractivity contribution in [2.45, 2.75) is 58.0 Å². The normalized spacial score (nSPS) is 12.1. The average molecular weight is 286 g/mol. The highest BCUT2D eigenvalue weighted by atomic mass is 32.2. The maximum absolute atomic E-state index is 11.4. The minimum Gasteiger partial charge on any atom is -0.481 e. The van der Waals surface area contributed by atoms with Gasteiger partial charge in [0.05, 0.1) is 11.2 Å². The number of carboxylic acids is 1. The van der Waals surface area contributed by atoms with Gasteiger partial charge in [-0.15, -0.1) is 0 Å². The van der Waals surface area contributed by atoms with Gasteiger partial charge < -0.3 is 9.63 Å². The van der Waals surface area contributed by atoms with Crippen LogP contribution in [-0.2, 0) is 17.0 Å².